The van der Waals surface area contributed by atoms with Crippen LogP contribution in [0.4, 0.5) is 0 Å². The van der Waals surface area contributed by atoms with E-state index >= 15 is 0 Å². The number of rotatable bonds is 8. The summed E-state index contributed by atoms with van der Waals surface area (Å²) >= 11 is 0. The van der Waals surface area contributed by atoms with Crippen molar-refractivity contribution in [2.75, 3.05) is 0 Å². The fourth-order valence-electron chi connectivity index (χ4n) is 3.52. The number of fused-ring (bicyclic) bond motifs is 1. The van der Waals surface area contributed by atoms with Crippen molar-refractivity contribution in [3.05, 3.63) is 83.9 Å². The van der Waals surface area contributed by atoms with Gasteiger partial charge in [0.2, 0.25) is 7.37 Å². The van der Waals surface area contributed by atoms with Gasteiger partial charge >= 0.3 is 5.97 Å². The number of aliphatic carboxylic acids is 1. The van der Waals surface area contributed by atoms with Crippen molar-refractivity contribution in [2.24, 2.45) is 0 Å². The van der Waals surface area contributed by atoms with Crippen molar-refractivity contribution in [1.82, 2.24) is 0 Å². The van der Waals surface area contributed by atoms with Gasteiger partial charge in [-0.3, -0.25) is 9.36 Å². The molecule has 0 aliphatic rings. The van der Waals surface area contributed by atoms with Crippen LogP contribution in [0.25, 0.3) is 10.8 Å². The molecule has 0 aliphatic carbocycles. The Hall–Kier alpha value is -2.42. The van der Waals surface area contributed by atoms with Crippen molar-refractivity contribution in [2.45, 2.75) is 31.1 Å². The van der Waals surface area contributed by atoms with E-state index in [1.807, 2.05) is 72.8 Å². The van der Waals surface area contributed by atoms with E-state index in [0.717, 1.165) is 21.9 Å². The van der Waals surface area contributed by atoms with E-state index in [-0.39, 0.29) is 12.6 Å². The summed E-state index contributed by atoms with van der Waals surface area (Å²) in [5.74, 6) is -0.887. The molecule has 0 fully saturated rings. The smallest absolute Gasteiger partial charge is 0.303 e. The van der Waals surface area contributed by atoms with Crippen LogP contribution in [-0.2, 0) is 15.5 Å². The summed E-state index contributed by atoms with van der Waals surface area (Å²) < 4.78 is 13.4. The molecule has 2 N–H and O–H groups in total. The highest BCUT2D eigenvalue weighted by molar-refractivity contribution is 7.57. The maximum atomic E-state index is 13.4. The maximum Gasteiger partial charge on any atom is 0.303 e. The zero-order valence-corrected chi connectivity index (χ0v) is 15.9. The summed E-state index contributed by atoms with van der Waals surface area (Å²) in [6.07, 6.45) is 0.797. The Morgan fingerprint density at radius 2 is 1.59 bits per heavy atom. The molecule has 0 heterocycles. The van der Waals surface area contributed by atoms with Crippen LogP contribution in [0, 0.1) is 0 Å². The predicted octanol–water partition coefficient (Wildman–Crippen LogP) is 5.61. The zero-order chi connectivity index (χ0) is 19.3. The van der Waals surface area contributed by atoms with Crippen LogP contribution >= 0.6 is 7.37 Å². The number of carboxylic acids is 1. The molecule has 0 bridgehead atoms. The van der Waals surface area contributed by atoms with E-state index in [0.29, 0.717) is 12.8 Å². The van der Waals surface area contributed by atoms with Crippen LogP contribution in [-0.4, -0.2) is 16.0 Å². The van der Waals surface area contributed by atoms with E-state index in [1.54, 1.807) is 0 Å². The molecule has 3 rings (SSSR count). The molecule has 140 valence electrons. The van der Waals surface area contributed by atoms with E-state index in [2.05, 4.69) is 0 Å². The highest BCUT2D eigenvalue weighted by Gasteiger charge is 2.33. The summed E-state index contributed by atoms with van der Waals surface area (Å²) in [5, 5.41) is 10.9. The molecule has 0 saturated carbocycles. The Morgan fingerprint density at radius 1 is 0.926 bits per heavy atom. The van der Waals surface area contributed by atoms with Gasteiger partial charge in [0, 0.05) is 6.42 Å². The third-order valence-electron chi connectivity index (χ3n) is 4.79. The van der Waals surface area contributed by atoms with Crippen molar-refractivity contribution in [3.63, 3.8) is 0 Å². The Balaban J connectivity index is 1.99. The third kappa shape index (κ3) is 4.85. The molecular formula is C22H23O4P. The number of hydrogen-bond acceptors (Lipinski definition) is 2. The first kappa shape index (κ1) is 19.3. The second-order valence-electron chi connectivity index (χ2n) is 6.77. The van der Waals surface area contributed by atoms with Crippen LogP contribution in [0.2, 0.25) is 0 Å². The van der Waals surface area contributed by atoms with Crippen molar-refractivity contribution < 1.29 is 19.4 Å². The van der Waals surface area contributed by atoms with Crippen molar-refractivity contribution in [1.29, 1.82) is 0 Å². The van der Waals surface area contributed by atoms with Crippen LogP contribution in [0.15, 0.2) is 72.8 Å². The average molecular weight is 382 g/mol. The highest BCUT2D eigenvalue weighted by Crippen LogP contribution is 2.60. The molecule has 27 heavy (non-hydrogen) atoms. The fraction of sp³-hybridized carbons (Fsp3) is 0.227. The lowest BCUT2D eigenvalue weighted by Crippen LogP contribution is -2.05. The Labute approximate surface area is 158 Å². The van der Waals surface area contributed by atoms with Gasteiger partial charge in [0.1, 0.15) is 0 Å². The van der Waals surface area contributed by atoms with Gasteiger partial charge in [0.25, 0.3) is 0 Å². The maximum absolute atomic E-state index is 13.4. The molecule has 2 unspecified atom stereocenters. The Morgan fingerprint density at radius 3 is 2.33 bits per heavy atom. The van der Waals surface area contributed by atoms with Gasteiger partial charge < -0.3 is 10.00 Å². The minimum absolute atomic E-state index is 0.00734. The zero-order valence-electron chi connectivity index (χ0n) is 15.0. The molecule has 3 aromatic rings. The third-order valence-corrected chi connectivity index (χ3v) is 7.12. The lowest BCUT2D eigenvalue weighted by molar-refractivity contribution is -0.137. The van der Waals surface area contributed by atoms with E-state index in [1.165, 1.54) is 0 Å². The topological polar surface area (TPSA) is 74.6 Å². The molecule has 0 saturated heterocycles. The van der Waals surface area contributed by atoms with Crippen LogP contribution in [0.3, 0.4) is 0 Å². The molecule has 2 atom stereocenters. The Bertz CT molecular complexity index is 963. The number of carbonyl (C=O) groups is 1. The summed E-state index contributed by atoms with van der Waals surface area (Å²) in [6, 6.07) is 22.8. The van der Waals surface area contributed by atoms with Gasteiger partial charge in [0.05, 0.1) is 11.8 Å². The standard InChI is InChI=1S/C22H23O4P/c23-22(24)15-7-14-21(27(25,26)16-17-8-2-1-3-9-17)20-13-6-11-18-10-4-5-12-19(18)20/h1-6,8-13,21H,7,14-16H2,(H,23,24)(H,25,26). The van der Waals surface area contributed by atoms with Gasteiger partial charge in [-0.2, -0.15) is 0 Å². The second-order valence-corrected chi connectivity index (χ2v) is 9.22. The lowest BCUT2D eigenvalue weighted by atomic mass is 9.99. The average Bonchev–Trinajstić information content (AvgIpc) is 2.65. The largest absolute Gasteiger partial charge is 0.481 e. The summed E-state index contributed by atoms with van der Waals surface area (Å²) in [6.45, 7) is 0. The van der Waals surface area contributed by atoms with E-state index < -0.39 is 19.0 Å². The monoisotopic (exact) mass is 382 g/mol. The van der Waals surface area contributed by atoms with Gasteiger partial charge in [-0.15, -0.1) is 0 Å². The molecule has 0 radical (unpaired) electrons. The van der Waals surface area contributed by atoms with E-state index in [4.69, 9.17) is 5.11 Å². The van der Waals surface area contributed by atoms with Crippen LogP contribution < -0.4 is 0 Å². The van der Waals surface area contributed by atoms with Crippen molar-refractivity contribution in [3.8, 4) is 0 Å². The van der Waals surface area contributed by atoms with Gasteiger partial charge in [-0.05, 0) is 34.7 Å². The summed E-state index contributed by atoms with van der Waals surface area (Å²) in [7, 11) is -3.60. The quantitative estimate of drug-likeness (QED) is 0.497. The summed E-state index contributed by atoms with van der Waals surface area (Å²) in [4.78, 5) is 22.0. The van der Waals surface area contributed by atoms with Gasteiger partial charge in [-0.1, -0.05) is 72.8 Å². The van der Waals surface area contributed by atoms with Crippen molar-refractivity contribution >= 4 is 24.1 Å². The summed E-state index contributed by atoms with van der Waals surface area (Å²) in [5.41, 5.74) is 1.04. The minimum Gasteiger partial charge on any atom is -0.481 e. The lowest BCUT2D eigenvalue weighted by Gasteiger charge is -2.25. The fourth-order valence-corrected chi connectivity index (χ4v) is 5.72. The number of benzene rings is 3. The van der Waals surface area contributed by atoms with Crippen LogP contribution in [0.1, 0.15) is 36.0 Å². The Kier molecular flexibility index (Phi) is 6.10. The van der Waals surface area contributed by atoms with E-state index in [9.17, 15) is 14.3 Å². The molecule has 4 nitrogen and oxygen atoms in total. The second kappa shape index (κ2) is 8.51. The minimum atomic E-state index is -3.60. The highest BCUT2D eigenvalue weighted by atomic mass is 31.2. The van der Waals surface area contributed by atoms with Gasteiger partial charge in [0.15, 0.2) is 0 Å². The molecule has 3 aromatic carbocycles. The molecule has 0 aliphatic heterocycles. The first-order valence-electron chi connectivity index (χ1n) is 9.02. The normalized spacial score (nSPS) is 14.6. The van der Waals surface area contributed by atoms with Crippen LogP contribution in [0.5, 0.6) is 0 Å². The van der Waals surface area contributed by atoms with Gasteiger partial charge in [-0.25, -0.2) is 0 Å². The molecule has 0 aromatic heterocycles. The first-order valence-corrected chi connectivity index (χ1v) is 10.9. The molecule has 5 heteroatoms. The number of hydrogen-bond donors (Lipinski definition) is 2. The molecule has 0 amide bonds. The predicted molar refractivity (Wildman–Crippen MR) is 108 cm³/mol. The molecule has 0 spiro atoms. The SMILES string of the molecule is O=C(O)CCCC(c1cccc2ccccc12)P(=O)(O)Cc1ccccc1. The number of carboxylic acid groups (broad SMARTS) is 1. The molecular weight excluding hydrogens is 359 g/mol. The first-order chi connectivity index (χ1) is 13.0.